The van der Waals surface area contributed by atoms with Crippen molar-refractivity contribution < 1.29 is 9.53 Å². The van der Waals surface area contributed by atoms with Crippen molar-refractivity contribution in [1.29, 1.82) is 0 Å². The summed E-state index contributed by atoms with van der Waals surface area (Å²) in [5.74, 6) is 0.297. The zero-order valence-corrected chi connectivity index (χ0v) is 10.4. The molecule has 0 saturated carbocycles. The Morgan fingerprint density at radius 1 is 1.31 bits per heavy atom. The first-order valence-corrected chi connectivity index (χ1v) is 5.70. The summed E-state index contributed by atoms with van der Waals surface area (Å²) in [6.07, 6.45) is 1.98. The summed E-state index contributed by atoms with van der Waals surface area (Å²) in [7, 11) is 1.66. The molecule has 0 unspecified atom stereocenters. The summed E-state index contributed by atoms with van der Waals surface area (Å²) in [5.41, 5.74) is 3.57. The summed E-state index contributed by atoms with van der Waals surface area (Å²) in [6.45, 7) is 4.77. The molecule has 0 aliphatic heterocycles. The van der Waals surface area contributed by atoms with Crippen LogP contribution in [0.2, 0.25) is 0 Å². The highest BCUT2D eigenvalue weighted by Crippen LogP contribution is 2.12. The van der Waals surface area contributed by atoms with E-state index >= 15 is 0 Å². The number of ketones is 1. The van der Waals surface area contributed by atoms with Gasteiger partial charge >= 0.3 is 0 Å². The zero-order chi connectivity index (χ0) is 12.0. The fourth-order valence-corrected chi connectivity index (χ4v) is 1.71. The number of methoxy groups -OCH3 is 1. The molecule has 0 amide bonds. The first-order valence-electron chi connectivity index (χ1n) is 5.70. The van der Waals surface area contributed by atoms with Crippen molar-refractivity contribution in [3.8, 4) is 0 Å². The van der Waals surface area contributed by atoms with Crippen LogP contribution in [0.15, 0.2) is 18.2 Å². The van der Waals surface area contributed by atoms with Crippen molar-refractivity contribution in [2.45, 2.75) is 33.1 Å². The van der Waals surface area contributed by atoms with Gasteiger partial charge in [-0.05, 0) is 31.4 Å². The van der Waals surface area contributed by atoms with Gasteiger partial charge in [-0.2, -0.15) is 0 Å². The Morgan fingerprint density at radius 2 is 2.06 bits per heavy atom. The second-order valence-corrected chi connectivity index (χ2v) is 4.24. The third kappa shape index (κ3) is 4.15. The highest BCUT2D eigenvalue weighted by atomic mass is 16.5. The lowest BCUT2D eigenvalue weighted by Gasteiger charge is -2.06. The molecule has 0 N–H and O–H groups in total. The van der Waals surface area contributed by atoms with Gasteiger partial charge in [-0.3, -0.25) is 4.79 Å². The van der Waals surface area contributed by atoms with Crippen molar-refractivity contribution in [2.75, 3.05) is 13.7 Å². The fraction of sp³-hybridized carbons (Fsp3) is 0.500. The average molecular weight is 220 g/mol. The molecule has 0 bridgehead atoms. The smallest absolute Gasteiger partial charge is 0.137 e. The lowest BCUT2D eigenvalue weighted by Crippen LogP contribution is -2.05. The molecule has 0 aliphatic rings. The van der Waals surface area contributed by atoms with Crippen LogP contribution in [0, 0.1) is 13.8 Å². The number of rotatable bonds is 6. The molecule has 0 fully saturated rings. The lowest BCUT2D eigenvalue weighted by molar-refractivity contribution is -0.118. The van der Waals surface area contributed by atoms with Gasteiger partial charge in [0.1, 0.15) is 5.78 Å². The van der Waals surface area contributed by atoms with E-state index in [0.717, 1.165) is 12.0 Å². The van der Waals surface area contributed by atoms with Crippen LogP contribution in [0.25, 0.3) is 0 Å². The third-order valence-electron chi connectivity index (χ3n) is 2.70. The molecule has 2 heteroatoms. The van der Waals surface area contributed by atoms with Gasteiger partial charge in [-0.15, -0.1) is 0 Å². The van der Waals surface area contributed by atoms with Crippen LogP contribution in [0.3, 0.4) is 0 Å². The first kappa shape index (κ1) is 12.9. The lowest BCUT2D eigenvalue weighted by atomic mass is 9.99. The molecule has 0 saturated heterocycles. The average Bonchev–Trinajstić information content (AvgIpc) is 2.24. The molecule has 0 heterocycles. The number of Topliss-reactive ketones (excluding diaryl/α,β-unsaturated/α-hetero) is 1. The minimum absolute atomic E-state index is 0.297. The van der Waals surface area contributed by atoms with Gasteiger partial charge in [0.25, 0.3) is 0 Å². The van der Waals surface area contributed by atoms with E-state index in [-0.39, 0.29) is 0 Å². The Bertz CT molecular complexity index is 356. The number of hydrogen-bond donors (Lipinski definition) is 0. The van der Waals surface area contributed by atoms with E-state index in [1.165, 1.54) is 11.1 Å². The SMILES string of the molecule is COCCCC(=O)Cc1cc(C)ccc1C. The topological polar surface area (TPSA) is 26.3 Å². The molecular formula is C14H20O2. The molecule has 0 spiro atoms. The molecule has 1 rings (SSSR count). The summed E-state index contributed by atoms with van der Waals surface area (Å²) in [6, 6.07) is 6.25. The molecule has 0 radical (unpaired) electrons. The maximum absolute atomic E-state index is 11.7. The van der Waals surface area contributed by atoms with Crippen molar-refractivity contribution >= 4 is 5.78 Å². The highest BCUT2D eigenvalue weighted by Gasteiger charge is 2.06. The molecule has 2 nitrogen and oxygen atoms in total. The maximum atomic E-state index is 11.7. The molecule has 0 aliphatic carbocycles. The van der Waals surface area contributed by atoms with Crippen molar-refractivity contribution in [3.63, 3.8) is 0 Å². The van der Waals surface area contributed by atoms with Crippen LogP contribution < -0.4 is 0 Å². The predicted molar refractivity (Wildman–Crippen MR) is 65.7 cm³/mol. The van der Waals surface area contributed by atoms with Gasteiger partial charge in [0.05, 0.1) is 0 Å². The van der Waals surface area contributed by atoms with E-state index in [0.29, 0.717) is 25.2 Å². The summed E-state index contributed by atoms with van der Waals surface area (Å²) < 4.78 is 4.93. The van der Waals surface area contributed by atoms with E-state index in [1.807, 2.05) is 0 Å². The normalized spacial score (nSPS) is 10.4. The Labute approximate surface area is 97.6 Å². The van der Waals surface area contributed by atoms with Crippen molar-refractivity contribution in [1.82, 2.24) is 0 Å². The zero-order valence-electron chi connectivity index (χ0n) is 10.4. The predicted octanol–water partition coefficient (Wildman–Crippen LogP) is 2.84. The summed E-state index contributed by atoms with van der Waals surface area (Å²) in [5, 5.41) is 0. The molecule has 88 valence electrons. The molecule has 16 heavy (non-hydrogen) atoms. The maximum Gasteiger partial charge on any atom is 0.137 e. The Kier molecular flexibility index (Phi) is 5.20. The number of aryl methyl sites for hydroxylation is 2. The van der Waals surface area contributed by atoms with Crippen LogP contribution in [-0.4, -0.2) is 19.5 Å². The highest BCUT2D eigenvalue weighted by molar-refractivity contribution is 5.81. The van der Waals surface area contributed by atoms with Crippen LogP contribution in [-0.2, 0) is 16.0 Å². The largest absolute Gasteiger partial charge is 0.385 e. The number of hydrogen-bond acceptors (Lipinski definition) is 2. The number of benzene rings is 1. The second kappa shape index (κ2) is 6.44. The van der Waals surface area contributed by atoms with Crippen LogP contribution in [0.4, 0.5) is 0 Å². The van der Waals surface area contributed by atoms with E-state index in [2.05, 4.69) is 32.0 Å². The third-order valence-corrected chi connectivity index (χ3v) is 2.70. The minimum atomic E-state index is 0.297. The molecule has 1 aromatic rings. The standard InChI is InChI=1S/C14H20O2/c1-11-6-7-12(2)13(9-11)10-14(15)5-4-8-16-3/h6-7,9H,4-5,8,10H2,1-3H3. The van der Waals surface area contributed by atoms with Crippen LogP contribution in [0.5, 0.6) is 0 Å². The van der Waals surface area contributed by atoms with Gasteiger partial charge in [0.2, 0.25) is 0 Å². The molecule has 1 aromatic carbocycles. The van der Waals surface area contributed by atoms with Crippen LogP contribution in [0.1, 0.15) is 29.5 Å². The summed E-state index contributed by atoms with van der Waals surface area (Å²) >= 11 is 0. The van der Waals surface area contributed by atoms with E-state index < -0.39 is 0 Å². The van der Waals surface area contributed by atoms with E-state index in [9.17, 15) is 4.79 Å². The number of carbonyl (C=O) groups is 1. The van der Waals surface area contributed by atoms with Gasteiger partial charge < -0.3 is 4.74 Å². The fourth-order valence-electron chi connectivity index (χ4n) is 1.71. The van der Waals surface area contributed by atoms with Gasteiger partial charge in [-0.25, -0.2) is 0 Å². The number of carbonyl (C=O) groups excluding carboxylic acids is 1. The quantitative estimate of drug-likeness (QED) is 0.689. The number of ether oxygens (including phenoxy) is 1. The first-order chi connectivity index (χ1) is 7.63. The van der Waals surface area contributed by atoms with Crippen LogP contribution >= 0.6 is 0 Å². The van der Waals surface area contributed by atoms with Gasteiger partial charge in [0.15, 0.2) is 0 Å². The molecule has 0 atom stereocenters. The van der Waals surface area contributed by atoms with E-state index in [1.54, 1.807) is 7.11 Å². The van der Waals surface area contributed by atoms with Gasteiger partial charge in [-0.1, -0.05) is 23.8 Å². The van der Waals surface area contributed by atoms with E-state index in [4.69, 9.17) is 4.74 Å². The molecular weight excluding hydrogens is 200 g/mol. The summed E-state index contributed by atoms with van der Waals surface area (Å²) in [4.78, 5) is 11.7. The Balaban J connectivity index is 2.52. The minimum Gasteiger partial charge on any atom is -0.385 e. The van der Waals surface area contributed by atoms with Gasteiger partial charge in [0, 0.05) is 26.6 Å². The second-order valence-electron chi connectivity index (χ2n) is 4.24. The Hall–Kier alpha value is -1.15. The van der Waals surface area contributed by atoms with Crippen molar-refractivity contribution in [2.24, 2.45) is 0 Å². The Morgan fingerprint density at radius 3 is 2.75 bits per heavy atom. The molecule has 0 aromatic heterocycles. The monoisotopic (exact) mass is 220 g/mol. The van der Waals surface area contributed by atoms with Crippen molar-refractivity contribution in [3.05, 3.63) is 34.9 Å².